The Morgan fingerprint density at radius 3 is 2.74 bits per heavy atom. The molecule has 3 N–H and O–H groups in total. The smallest absolute Gasteiger partial charge is 0.295 e. The third kappa shape index (κ3) is 2.59. The number of nitrogens with zero attached hydrogens (tertiary/aromatic N) is 5. The molecule has 8 nitrogen and oxygen atoms in total. The molecule has 0 saturated carbocycles. The molecule has 0 bridgehead atoms. The molecule has 1 unspecified atom stereocenters. The molecule has 2 fully saturated rings. The molecule has 0 spiro atoms. The van der Waals surface area contributed by atoms with E-state index in [1.165, 1.54) is 0 Å². The molecule has 104 valence electrons. The summed E-state index contributed by atoms with van der Waals surface area (Å²) in [4.78, 5) is 16.4. The molecular weight excluding hydrogens is 246 g/mol. The number of piperidine rings is 1. The molecule has 3 rings (SSSR count). The van der Waals surface area contributed by atoms with Crippen molar-refractivity contribution in [1.29, 1.82) is 0 Å². The molecule has 3 heterocycles. The number of H-pyrrole nitrogens is 1. The number of hydrogen-bond donors (Lipinski definition) is 2. The SMILES string of the molecule is NC1CCN(C2CCN(C(=O)c3nn[nH]n3)C2)CC1. The van der Waals surface area contributed by atoms with E-state index in [9.17, 15) is 4.79 Å². The molecule has 8 heteroatoms. The summed E-state index contributed by atoms with van der Waals surface area (Å²) in [5.41, 5.74) is 5.92. The maximum absolute atomic E-state index is 12.1. The molecule has 0 aliphatic carbocycles. The van der Waals surface area contributed by atoms with E-state index in [-0.39, 0.29) is 11.7 Å². The van der Waals surface area contributed by atoms with Gasteiger partial charge in [-0.3, -0.25) is 9.69 Å². The highest BCUT2D eigenvalue weighted by Gasteiger charge is 2.33. The number of nitrogens with two attached hydrogens (primary N) is 1. The van der Waals surface area contributed by atoms with Gasteiger partial charge in [-0.2, -0.15) is 5.21 Å². The van der Waals surface area contributed by atoms with Crippen molar-refractivity contribution >= 4 is 5.91 Å². The van der Waals surface area contributed by atoms with Crippen molar-refractivity contribution in [2.75, 3.05) is 26.2 Å². The minimum absolute atomic E-state index is 0.134. The van der Waals surface area contributed by atoms with Gasteiger partial charge in [0, 0.05) is 25.2 Å². The largest absolute Gasteiger partial charge is 0.334 e. The van der Waals surface area contributed by atoms with Gasteiger partial charge >= 0.3 is 0 Å². The summed E-state index contributed by atoms with van der Waals surface area (Å²) in [5.74, 6) is 0.0197. The molecular formula is C11H19N7O. The van der Waals surface area contributed by atoms with Gasteiger partial charge in [0.2, 0.25) is 0 Å². The van der Waals surface area contributed by atoms with Crippen LogP contribution < -0.4 is 5.73 Å². The lowest BCUT2D eigenvalue weighted by atomic mass is 10.0. The van der Waals surface area contributed by atoms with Gasteiger partial charge in [-0.1, -0.05) is 0 Å². The summed E-state index contributed by atoms with van der Waals surface area (Å²) >= 11 is 0. The van der Waals surface area contributed by atoms with Crippen LogP contribution in [0.1, 0.15) is 29.9 Å². The molecule has 19 heavy (non-hydrogen) atoms. The van der Waals surface area contributed by atoms with Crippen molar-refractivity contribution in [3.63, 3.8) is 0 Å². The van der Waals surface area contributed by atoms with E-state index in [1.807, 2.05) is 4.90 Å². The zero-order valence-corrected chi connectivity index (χ0v) is 10.8. The van der Waals surface area contributed by atoms with Crippen LogP contribution in [0.2, 0.25) is 0 Å². The molecule has 1 amide bonds. The highest BCUT2D eigenvalue weighted by atomic mass is 16.2. The standard InChI is InChI=1S/C11H19N7O/c12-8-1-4-17(5-2-8)9-3-6-18(7-9)11(19)10-13-15-16-14-10/h8-9H,1-7,12H2,(H,13,14,15,16). The van der Waals surface area contributed by atoms with E-state index in [2.05, 4.69) is 25.5 Å². The molecule has 1 atom stereocenters. The normalized spacial score (nSPS) is 25.9. The van der Waals surface area contributed by atoms with Gasteiger partial charge in [-0.05, 0) is 37.6 Å². The van der Waals surface area contributed by atoms with E-state index < -0.39 is 0 Å². The van der Waals surface area contributed by atoms with Gasteiger partial charge in [0.05, 0.1) is 0 Å². The number of hydrogen-bond acceptors (Lipinski definition) is 6. The molecule has 0 aromatic carbocycles. The molecule has 1 aromatic rings. The van der Waals surface area contributed by atoms with Crippen molar-refractivity contribution in [2.45, 2.75) is 31.3 Å². The highest BCUT2D eigenvalue weighted by molar-refractivity contribution is 5.90. The van der Waals surface area contributed by atoms with Crippen molar-refractivity contribution in [2.24, 2.45) is 5.73 Å². The monoisotopic (exact) mass is 265 g/mol. The number of amides is 1. The molecule has 1 aromatic heterocycles. The minimum atomic E-state index is -0.134. The molecule has 2 aliphatic heterocycles. The van der Waals surface area contributed by atoms with Gasteiger partial charge in [-0.25, -0.2) is 0 Å². The summed E-state index contributed by atoms with van der Waals surface area (Å²) < 4.78 is 0. The van der Waals surface area contributed by atoms with Crippen LogP contribution in [0.5, 0.6) is 0 Å². The number of nitrogens with one attached hydrogen (secondary N) is 1. The lowest BCUT2D eigenvalue weighted by Gasteiger charge is -2.34. The summed E-state index contributed by atoms with van der Waals surface area (Å²) in [5, 5.41) is 13.2. The molecule has 0 radical (unpaired) electrons. The summed E-state index contributed by atoms with van der Waals surface area (Å²) in [7, 11) is 0. The second-order valence-corrected chi connectivity index (χ2v) is 5.30. The summed E-state index contributed by atoms with van der Waals surface area (Å²) in [6.07, 6.45) is 3.11. The van der Waals surface area contributed by atoms with Crippen LogP contribution in [0.15, 0.2) is 0 Å². The number of aromatic amines is 1. The summed E-state index contributed by atoms with van der Waals surface area (Å²) in [6, 6.07) is 0.790. The van der Waals surface area contributed by atoms with Gasteiger partial charge in [-0.15, -0.1) is 10.2 Å². The van der Waals surface area contributed by atoms with E-state index in [1.54, 1.807) is 0 Å². The molecule has 2 saturated heterocycles. The van der Waals surface area contributed by atoms with Gasteiger partial charge < -0.3 is 10.6 Å². The number of likely N-dealkylation sites (tertiary alicyclic amines) is 2. The van der Waals surface area contributed by atoms with Crippen molar-refractivity contribution in [1.82, 2.24) is 30.4 Å². The first-order valence-electron chi connectivity index (χ1n) is 6.76. The van der Waals surface area contributed by atoms with Crippen LogP contribution in [0, 0.1) is 0 Å². The van der Waals surface area contributed by atoms with E-state index in [0.717, 1.165) is 45.4 Å². The maximum atomic E-state index is 12.1. The van der Waals surface area contributed by atoms with Crippen LogP contribution in [-0.4, -0.2) is 74.6 Å². The van der Waals surface area contributed by atoms with E-state index in [4.69, 9.17) is 5.73 Å². The van der Waals surface area contributed by atoms with Crippen LogP contribution in [0.3, 0.4) is 0 Å². The Hall–Kier alpha value is -1.54. The Morgan fingerprint density at radius 1 is 1.26 bits per heavy atom. The van der Waals surface area contributed by atoms with E-state index in [0.29, 0.717) is 12.1 Å². The van der Waals surface area contributed by atoms with Crippen molar-refractivity contribution in [3.8, 4) is 0 Å². The van der Waals surface area contributed by atoms with Crippen molar-refractivity contribution < 1.29 is 4.79 Å². The zero-order chi connectivity index (χ0) is 13.2. The average molecular weight is 265 g/mol. The Labute approximate surface area is 111 Å². The molecule has 2 aliphatic rings. The number of aromatic nitrogens is 4. The lowest BCUT2D eigenvalue weighted by molar-refractivity contribution is 0.0757. The first-order chi connectivity index (χ1) is 9.24. The van der Waals surface area contributed by atoms with Crippen molar-refractivity contribution in [3.05, 3.63) is 5.82 Å². The fraction of sp³-hybridized carbons (Fsp3) is 0.818. The first-order valence-corrected chi connectivity index (χ1v) is 6.76. The fourth-order valence-corrected chi connectivity index (χ4v) is 2.90. The third-order valence-electron chi connectivity index (χ3n) is 4.08. The number of rotatable bonds is 2. The Kier molecular flexibility index (Phi) is 3.43. The fourth-order valence-electron chi connectivity index (χ4n) is 2.90. The summed E-state index contributed by atoms with van der Waals surface area (Å²) in [6.45, 7) is 3.59. The number of carbonyl (C=O) groups excluding carboxylic acids is 1. The quantitative estimate of drug-likeness (QED) is 0.699. The van der Waals surface area contributed by atoms with Gasteiger partial charge in [0.25, 0.3) is 11.7 Å². The van der Waals surface area contributed by atoms with E-state index >= 15 is 0 Å². The Morgan fingerprint density at radius 2 is 2.05 bits per heavy atom. The predicted octanol–water partition coefficient (Wildman–Crippen LogP) is -1.16. The van der Waals surface area contributed by atoms with Crippen LogP contribution in [0.4, 0.5) is 0 Å². The third-order valence-corrected chi connectivity index (χ3v) is 4.08. The highest BCUT2D eigenvalue weighted by Crippen LogP contribution is 2.20. The van der Waals surface area contributed by atoms with Gasteiger partial charge in [0.1, 0.15) is 0 Å². The Balaban J connectivity index is 1.57. The Bertz CT molecular complexity index is 426. The lowest BCUT2D eigenvalue weighted by Crippen LogP contribution is -2.46. The topological polar surface area (TPSA) is 104 Å². The number of tetrazole rings is 1. The number of carbonyl (C=O) groups is 1. The second kappa shape index (κ2) is 5.22. The minimum Gasteiger partial charge on any atom is -0.334 e. The second-order valence-electron chi connectivity index (χ2n) is 5.30. The van der Waals surface area contributed by atoms with Crippen LogP contribution >= 0.6 is 0 Å². The first kappa shape index (κ1) is 12.5. The van der Waals surface area contributed by atoms with Gasteiger partial charge in [0.15, 0.2) is 0 Å². The average Bonchev–Trinajstić information content (AvgIpc) is 3.10. The maximum Gasteiger partial charge on any atom is 0.295 e. The predicted molar refractivity (Wildman–Crippen MR) is 67.3 cm³/mol. The zero-order valence-electron chi connectivity index (χ0n) is 10.8. The van der Waals surface area contributed by atoms with Crippen LogP contribution in [-0.2, 0) is 0 Å². The van der Waals surface area contributed by atoms with Crippen LogP contribution in [0.25, 0.3) is 0 Å².